The molecule has 66 valence electrons. The van der Waals surface area contributed by atoms with Crippen LogP contribution in [0.1, 0.15) is 39.0 Å². The van der Waals surface area contributed by atoms with Gasteiger partial charge < -0.3 is 5.32 Å². The predicted octanol–water partition coefficient (Wildman–Crippen LogP) is 2.42. The number of nitrogens with one attached hydrogen (secondary N) is 1. The van der Waals surface area contributed by atoms with E-state index in [1.807, 2.05) is 0 Å². The molecule has 0 heterocycles. The smallest absolute Gasteiger partial charge is 0.00235 e. The van der Waals surface area contributed by atoms with E-state index in [2.05, 4.69) is 19.3 Å². The van der Waals surface area contributed by atoms with E-state index in [0.29, 0.717) is 0 Å². The zero-order chi connectivity index (χ0) is 8.10. The molecule has 11 heavy (non-hydrogen) atoms. The molecule has 1 rings (SSSR count). The molecule has 1 nitrogen and oxygen atoms in total. The summed E-state index contributed by atoms with van der Waals surface area (Å²) in [6.07, 6.45) is 7.26. The average molecular weight is 155 g/mol. The van der Waals surface area contributed by atoms with E-state index in [1.165, 1.54) is 38.6 Å². The SMILES string of the molecule is CNC[C@@H]1CCC[C@@H](C)CC1. The number of rotatable bonds is 2. The summed E-state index contributed by atoms with van der Waals surface area (Å²) in [5.41, 5.74) is 0. The minimum absolute atomic E-state index is 0.963. The molecule has 0 radical (unpaired) electrons. The normalized spacial score (nSPS) is 33.3. The van der Waals surface area contributed by atoms with Crippen molar-refractivity contribution < 1.29 is 0 Å². The highest BCUT2D eigenvalue weighted by Crippen LogP contribution is 2.26. The van der Waals surface area contributed by atoms with Crippen molar-refractivity contribution in [2.45, 2.75) is 39.0 Å². The van der Waals surface area contributed by atoms with Crippen LogP contribution < -0.4 is 5.32 Å². The second kappa shape index (κ2) is 4.76. The Kier molecular flexibility index (Phi) is 3.92. The molecule has 0 aliphatic heterocycles. The Morgan fingerprint density at radius 1 is 1.18 bits per heavy atom. The van der Waals surface area contributed by atoms with Gasteiger partial charge in [-0.1, -0.05) is 26.2 Å². The molecule has 1 fully saturated rings. The third-order valence-electron chi connectivity index (χ3n) is 2.87. The summed E-state index contributed by atoms with van der Waals surface area (Å²) >= 11 is 0. The topological polar surface area (TPSA) is 12.0 Å². The molecule has 1 N–H and O–H groups in total. The minimum atomic E-state index is 0.963. The lowest BCUT2D eigenvalue weighted by molar-refractivity contribution is 0.430. The van der Waals surface area contributed by atoms with E-state index >= 15 is 0 Å². The molecular formula is C10H21N. The number of hydrogen-bond acceptors (Lipinski definition) is 1. The molecule has 0 amide bonds. The summed E-state index contributed by atoms with van der Waals surface area (Å²) in [4.78, 5) is 0. The zero-order valence-corrected chi connectivity index (χ0v) is 7.90. The zero-order valence-electron chi connectivity index (χ0n) is 7.90. The Morgan fingerprint density at radius 2 is 2.00 bits per heavy atom. The summed E-state index contributed by atoms with van der Waals surface area (Å²) in [5.74, 6) is 1.95. The first-order valence-electron chi connectivity index (χ1n) is 4.97. The van der Waals surface area contributed by atoms with Crippen LogP contribution in [0, 0.1) is 11.8 Å². The van der Waals surface area contributed by atoms with Crippen molar-refractivity contribution in [2.75, 3.05) is 13.6 Å². The van der Waals surface area contributed by atoms with Crippen LogP contribution in [0.3, 0.4) is 0 Å². The lowest BCUT2D eigenvalue weighted by Gasteiger charge is -2.12. The fraction of sp³-hybridized carbons (Fsp3) is 1.00. The third kappa shape index (κ3) is 3.24. The van der Waals surface area contributed by atoms with E-state index in [9.17, 15) is 0 Å². The van der Waals surface area contributed by atoms with Crippen LogP contribution in [0.5, 0.6) is 0 Å². The van der Waals surface area contributed by atoms with Crippen molar-refractivity contribution in [3.63, 3.8) is 0 Å². The van der Waals surface area contributed by atoms with Gasteiger partial charge in [-0.15, -0.1) is 0 Å². The van der Waals surface area contributed by atoms with Crippen LogP contribution in [-0.4, -0.2) is 13.6 Å². The molecule has 0 aromatic carbocycles. The highest BCUT2D eigenvalue weighted by Gasteiger charge is 2.14. The van der Waals surface area contributed by atoms with E-state index < -0.39 is 0 Å². The van der Waals surface area contributed by atoms with Gasteiger partial charge in [0.25, 0.3) is 0 Å². The van der Waals surface area contributed by atoms with Gasteiger partial charge in [0, 0.05) is 0 Å². The van der Waals surface area contributed by atoms with E-state index in [0.717, 1.165) is 11.8 Å². The Bertz CT molecular complexity index is 101. The summed E-state index contributed by atoms with van der Waals surface area (Å²) in [6.45, 7) is 3.62. The van der Waals surface area contributed by atoms with Gasteiger partial charge in [-0.2, -0.15) is 0 Å². The average Bonchev–Trinajstić information content (AvgIpc) is 2.17. The molecule has 0 unspecified atom stereocenters. The maximum Gasteiger partial charge on any atom is -0.00235 e. The minimum Gasteiger partial charge on any atom is -0.319 e. The Labute approximate surface area is 70.6 Å². The standard InChI is InChI=1S/C10H21N/c1-9-4-3-5-10(7-6-9)8-11-2/h9-11H,3-8H2,1-2H3/t9-,10-/m1/s1. The molecule has 1 heteroatoms. The molecule has 0 spiro atoms. The molecule has 0 bridgehead atoms. The predicted molar refractivity (Wildman–Crippen MR) is 49.7 cm³/mol. The highest BCUT2D eigenvalue weighted by molar-refractivity contribution is 4.68. The van der Waals surface area contributed by atoms with Crippen LogP contribution in [0.15, 0.2) is 0 Å². The van der Waals surface area contributed by atoms with Crippen LogP contribution in [0.25, 0.3) is 0 Å². The number of hydrogen-bond donors (Lipinski definition) is 1. The second-order valence-electron chi connectivity index (χ2n) is 4.04. The molecule has 0 saturated heterocycles. The van der Waals surface area contributed by atoms with Crippen molar-refractivity contribution in [1.82, 2.24) is 5.32 Å². The lowest BCUT2D eigenvalue weighted by atomic mass is 9.99. The second-order valence-corrected chi connectivity index (χ2v) is 4.04. The molecule has 1 aliphatic rings. The van der Waals surface area contributed by atoms with Crippen molar-refractivity contribution in [3.8, 4) is 0 Å². The van der Waals surface area contributed by atoms with E-state index in [4.69, 9.17) is 0 Å². The van der Waals surface area contributed by atoms with Gasteiger partial charge in [0.05, 0.1) is 0 Å². The van der Waals surface area contributed by atoms with Crippen LogP contribution in [-0.2, 0) is 0 Å². The van der Waals surface area contributed by atoms with Gasteiger partial charge in [0.1, 0.15) is 0 Å². The molecule has 0 aromatic rings. The van der Waals surface area contributed by atoms with Crippen LogP contribution in [0.2, 0.25) is 0 Å². The van der Waals surface area contributed by atoms with Gasteiger partial charge >= 0.3 is 0 Å². The molecule has 1 aliphatic carbocycles. The first-order valence-corrected chi connectivity index (χ1v) is 4.97. The Hall–Kier alpha value is -0.0400. The lowest BCUT2D eigenvalue weighted by Crippen LogP contribution is -2.18. The maximum atomic E-state index is 3.28. The summed E-state index contributed by atoms with van der Waals surface area (Å²) in [6, 6.07) is 0. The van der Waals surface area contributed by atoms with Crippen LogP contribution >= 0.6 is 0 Å². The summed E-state index contributed by atoms with van der Waals surface area (Å²) in [7, 11) is 2.06. The fourth-order valence-electron chi connectivity index (χ4n) is 2.06. The van der Waals surface area contributed by atoms with Gasteiger partial charge in [0.2, 0.25) is 0 Å². The fourth-order valence-corrected chi connectivity index (χ4v) is 2.06. The van der Waals surface area contributed by atoms with Crippen molar-refractivity contribution >= 4 is 0 Å². The van der Waals surface area contributed by atoms with Crippen molar-refractivity contribution in [3.05, 3.63) is 0 Å². The van der Waals surface area contributed by atoms with Gasteiger partial charge in [-0.3, -0.25) is 0 Å². The maximum absolute atomic E-state index is 3.28. The molecular weight excluding hydrogens is 134 g/mol. The first-order chi connectivity index (χ1) is 5.33. The van der Waals surface area contributed by atoms with Crippen molar-refractivity contribution in [2.24, 2.45) is 11.8 Å². The van der Waals surface area contributed by atoms with Crippen LogP contribution in [0.4, 0.5) is 0 Å². The highest BCUT2D eigenvalue weighted by atomic mass is 14.8. The first kappa shape index (κ1) is 9.05. The summed E-state index contributed by atoms with van der Waals surface area (Å²) in [5, 5.41) is 3.28. The quantitative estimate of drug-likeness (QED) is 0.604. The third-order valence-corrected chi connectivity index (χ3v) is 2.87. The summed E-state index contributed by atoms with van der Waals surface area (Å²) < 4.78 is 0. The molecule has 1 saturated carbocycles. The van der Waals surface area contributed by atoms with Gasteiger partial charge in [0.15, 0.2) is 0 Å². The Morgan fingerprint density at radius 3 is 2.73 bits per heavy atom. The monoisotopic (exact) mass is 155 g/mol. The van der Waals surface area contributed by atoms with Crippen molar-refractivity contribution in [1.29, 1.82) is 0 Å². The van der Waals surface area contributed by atoms with Gasteiger partial charge in [-0.05, 0) is 38.3 Å². The Balaban J connectivity index is 2.22. The van der Waals surface area contributed by atoms with E-state index in [1.54, 1.807) is 0 Å². The largest absolute Gasteiger partial charge is 0.319 e. The van der Waals surface area contributed by atoms with E-state index in [-0.39, 0.29) is 0 Å². The molecule has 2 atom stereocenters. The molecule has 0 aromatic heterocycles. The van der Waals surface area contributed by atoms with Gasteiger partial charge in [-0.25, -0.2) is 0 Å².